The van der Waals surface area contributed by atoms with Gasteiger partial charge in [-0.3, -0.25) is 29.0 Å². The molecule has 0 radical (unpaired) electrons. The number of anilines is 2. The number of nitrogens with zero attached hydrogens (tertiary/aromatic N) is 6. The Morgan fingerprint density at radius 2 is 0.719 bits per heavy atom. The summed E-state index contributed by atoms with van der Waals surface area (Å²) in [5.41, 5.74) is 4.12. The standard InChI is InChI=1S/C52H62N6O6/c59-49-37-15-13-35-43-36(14-16-38(44(37)43)50(60)57(49)27-31-63-29-25-53-17-5-1-6-18-53)47-42(56-23-11-4-12-24-56)34-40-45-39(33-41(46(35)48(45)47)55-21-9-3-10-22-55)51(61)58(52(40)62)28-32-64-30-26-54-19-7-2-8-20-54/h13-16,33-34H,1-12,17-32H2. The lowest BCUT2D eigenvalue weighted by Gasteiger charge is -2.37. The van der Waals surface area contributed by atoms with E-state index >= 15 is 0 Å². The number of benzene rings is 5. The van der Waals surface area contributed by atoms with Crippen LogP contribution in [-0.4, -0.2) is 148 Å². The van der Waals surface area contributed by atoms with Crippen LogP contribution >= 0.6 is 0 Å². The summed E-state index contributed by atoms with van der Waals surface area (Å²) in [4.78, 5) is 71.2. The van der Waals surface area contributed by atoms with E-state index in [2.05, 4.69) is 43.9 Å². The summed E-state index contributed by atoms with van der Waals surface area (Å²) in [6, 6.07) is 12.0. The minimum atomic E-state index is -0.295. The first-order valence-electron chi connectivity index (χ1n) is 24.6. The van der Waals surface area contributed by atoms with Crippen molar-refractivity contribution in [1.82, 2.24) is 19.6 Å². The Kier molecular flexibility index (Phi) is 11.6. The van der Waals surface area contributed by atoms with Gasteiger partial charge in [-0.15, -0.1) is 0 Å². The fourth-order valence-electron chi connectivity index (χ4n) is 12.0. The Bertz CT molecular complexity index is 2480. The molecule has 4 saturated heterocycles. The second-order valence-electron chi connectivity index (χ2n) is 19.1. The van der Waals surface area contributed by atoms with Crippen LogP contribution in [0.5, 0.6) is 0 Å². The summed E-state index contributed by atoms with van der Waals surface area (Å²) in [5, 5.41) is 7.10. The van der Waals surface area contributed by atoms with E-state index in [0.29, 0.717) is 59.5 Å². The van der Waals surface area contributed by atoms with Gasteiger partial charge in [0.25, 0.3) is 23.6 Å². The molecular weight excluding hydrogens is 805 g/mol. The highest BCUT2D eigenvalue weighted by molar-refractivity contribution is 6.44. The third-order valence-electron chi connectivity index (χ3n) is 15.3. The number of carbonyl (C=O) groups is 4. The number of hydrogen-bond acceptors (Lipinski definition) is 10. The molecule has 12 nitrogen and oxygen atoms in total. The van der Waals surface area contributed by atoms with Crippen LogP contribution in [0, 0.1) is 0 Å². The van der Waals surface area contributed by atoms with Crippen LogP contribution in [0.4, 0.5) is 11.4 Å². The summed E-state index contributed by atoms with van der Waals surface area (Å²) in [7, 11) is 0. The monoisotopic (exact) mass is 866 g/mol. The number of ether oxygens (including phenoxy) is 2. The molecule has 6 aliphatic rings. The van der Waals surface area contributed by atoms with E-state index in [1.807, 2.05) is 12.1 Å². The number of hydrogen-bond donors (Lipinski definition) is 0. The van der Waals surface area contributed by atoms with E-state index < -0.39 is 0 Å². The minimum Gasteiger partial charge on any atom is -0.378 e. The van der Waals surface area contributed by atoms with Gasteiger partial charge >= 0.3 is 0 Å². The molecule has 0 spiro atoms. The molecular formula is C52H62N6O6. The van der Waals surface area contributed by atoms with Crippen molar-refractivity contribution in [2.24, 2.45) is 0 Å². The van der Waals surface area contributed by atoms with Crippen LogP contribution in [0.15, 0.2) is 36.4 Å². The second-order valence-corrected chi connectivity index (χ2v) is 19.1. The van der Waals surface area contributed by atoms with Crippen molar-refractivity contribution in [3.63, 3.8) is 0 Å². The van der Waals surface area contributed by atoms with Gasteiger partial charge in [-0.1, -0.05) is 25.0 Å². The number of rotatable bonds is 14. The smallest absolute Gasteiger partial charge is 0.261 e. The molecule has 12 heteroatoms. The van der Waals surface area contributed by atoms with Crippen LogP contribution in [0.2, 0.25) is 0 Å². The number of amides is 4. The van der Waals surface area contributed by atoms with Crippen molar-refractivity contribution >= 4 is 78.1 Å². The van der Waals surface area contributed by atoms with Gasteiger partial charge in [-0.25, -0.2) is 0 Å². The number of carbonyl (C=O) groups excluding carboxylic acids is 4. The van der Waals surface area contributed by atoms with Crippen molar-refractivity contribution in [2.45, 2.75) is 77.0 Å². The lowest BCUT2D eigenvalue weighted by Crippen LogP contribution is -2.43. The Balaban J connectivity index is 1.02. The van der Waals surface area contributed by atoms with Crippen molar-refractivity contribution in [3.8, 4) is 0 Å². The molecule has 0 bridgehead atoms. The lowest BCUT2D eigenvalue weighted by molar-refractivity contribution is 0.0479. The average molecular weight is 867 g/mol. The molecule has 6 aliphatic heterocycles. The van der Waals surface area contributed by atoms with Crippen LogP contribution < -0.4 is 9.80 Å². The summed E-state index contributed by atoms with van der Waals surface area (Å²) < 4.78 is 12.1. The summed E-state index contributed by atoms with van der Waals surface area (Å²) in [6.07, 6.45) is 13.9. The summed E-state index contributed by atoms with van der Waals surface area (Å²) in [6.45, 7) is 11.6. The largest absolute Gasteiger partial charge is 0.378 e. The van der Waals surface area contributed by atoms with E-state index in [1.165, 1.54) is 48.3 Å². The molecule has 5 aromatic rings. The maximum atomic E-state index is 14.9. The first-order chi connectivity index (χ1) is 31.5. The SMILES string of the molecule is O=C1c2ccc3c4c(N5CCCCC5)cc5c6c(cc(N7CCCCC7)c(c7ccc(c2c37)C(=O)N1CCOCCN1CCCCC1)c64)C(=O)N(CCOCCN1CCCCC1)C5=O. The third kappa shape index (κ3) is 7.29. The molecule has 0 atom stereocenters. The van der Waals surface area contributed by atoms with Gasteiger partial charge < -0.3 is 29.1 Å². The molecule has 0 unspecified atom stereocenters. The topological polar surface area (TPSA) is 106 Å². The van der Waals surface area contributed by atoms with Gasteiger partial charge in [0.2, 0.25) is 0 Å². The number of imide groups is 2. The zero-order chi connectivity index (χ0) is 43.3. The van der Waals surface area contributed by atoms with Crippen LogP contribution in [0.1, 0.15) is 118 Å². The highest BCUT2D eigenvalue weighted by Crippen LogP contribution is 2.52. The molecule has 0 saturated carbocycles. The minimum absolute atomic E-state index is 0.192. The maximum absolute atomic E-state index is 14.9. The lowest BCUT2D eigenvalue weighted by atomic mass is 9.80. The number of piperidine rings is 4. The van der Waals surface area contributed by atoms with Gasteiger partial charge in [0.1, 0.15) is 0 Å². The fraction of sp³-hybridized carbons (Fsp3) is 0.538. The van der Waals surface area contributed by atoms with E-state index in [1.54, 1.807) is 0 Å². The molecule has 5 aromatic carbocycles. The molecule has 11 rings (SSSR count). The fourth-order valence-corrected chi connectivity index (χ4v) is 12.0. The quantitative estimate of drug-likeness (QED) is 0.0474. The predicted octanol–water partition coefficient (Wildman–Crippen LogP) is 7.91. The van der Waals surface area contributed by atoms with E-state index in [4.69, 9.17) is 9.47 Å². The van der Waals surface area contributed by atoms with Crippen molar-refractivity contribution < 1.29 is 28.7 Å². The molecule has 64 heavy (non-hydrogen) atoms. The second kappa shape index (κ2) is 17.8. The Hall–Kier alpha value is -4.88. The summed E-state index contributed by atoms with van der Waals surface area (Å²) >= 11 is 0. The number of fused-ring (bicyclic) bond motifs is 2. The van der Waals surface area contributed by atoms with E-state index in [9.17, 15) is 19.2 Å². The first kappa shape index (κ1) is 41.8. The highest BCUT2D eigenvalue weighted by Gasteiger charge is 2.39. The van der Waals surface area contributed by atoms with Crippen molar-refractivity contribution in [2.75, 3.05) is 115 Å². The Morgan fingerprint density at radius 3 is 1.14 bits per heavy atom. The summed E-state index contributed by atoms with van der Waals surface area (Å²) in [5.74, 6) is -1.14. The number of likely N-dealkylation sites (tertiary alicyclic amines) is 2. The van der Waals surface area contributed by atoms with Crippen molar-refractivity contribution in [1.29, 1.82) is 0 Å². The molecule has 4 fully saturated rings. The van der Waals surface area contributed by atoms with Gasteiger partial charge in [0.15, 0.2) is 0 Å². The average Bonchev–Trinajstić information content (AvgIpc) is 3.34. The molecule has 336 valence electrons. The van der Waals surface area contributed by atoms with Crippen LogP contribution in [0.25, 0.3) is 43.1 Å². The molecule has 0 aromatic heterocycles. The van der Waals surface area contributed by atoms with E-state index in [-0.39, 0.29) is 36.7 Å². The zero-order valence-electron chi connectivity index (χ0n) is 37.4. The Labute approximate surface area is 375 Å². The van der Waals surface area contributed by atoms with Gasteiger partial charge in [-0.05, 0) is 131 Å². The van der Waals surface area contributed by atoms with Gasteiger partial charge in [-0.2, -0.15) is 0 Å². The Morgan fingerprint density at radius 1 is 0.359 bits per heavy atom. The molecule has 4 amide bonds. The van der Waals surface area contributed by atoms with Gasteiger partial charge in [0.05, 0.1) is 50.6 Å². The normalized spacial score (nSPS) is 20.4. The maximum Gasteiger partial charge on any atom is 0.261 e. The van der Waals surface area contributed by atoms with Crippen molar-refractivity contribution in [3.05, 3.63) is 58.7 Å². The van der Waals surface area contributed by atoms with Gasteiger partial charge in [0, 0.05) is 88.7 Å². The highest BCUT2D eigenvalue weighted by atomic mass is 16.5. The predicted molar refractivity (Wildman–Crippen MR) is 253 cm³/mol. The molecule has 0 aliphatic carbocycles. The zero-order valence-corrected chi connectivity index (χ0v) is 37.4. The third-order valence-corrected chi connectivity index (χ3v) is 15.3. The van der Waals surface area contributed by atoms with Crippen LogP contribution in [0.3, 0.4) is 0 Å². The van der Waals surface area contributed by atoms with Crippen LogP contribution in [-0.2, 0) is 9.47 Å². The molecule has 0 N–H and O–H groups in total. The first-order valence-corrected chi connectivity index (χ1v) is 24.6. The van der Waals surface area contributed by atoms with E-state index in [0.717, 1.165) is 148 Å². The molecule has 6 heterocycles.